The first-order valence-electron chi connectivity index (χ1n) is 9.49. The second-order valence-corrected chi connectivity index (χ2v) is 10.5. The summed E-state index contributed by atoms with van der Waals surface area (Å²) in [6.45, 7) is 0.0511. The number of thiophene rings is 1. The Kier molecular flexibility index (Phi) is 7.16. The zero-order valence-electron chi connectivity index (χ0n) is 16.9. The molecule has 7 nitrogen and oxygen atoms in total. The van der Waals surface area contributed by atoms with Gasteiger partial charge in [0.2, 0.25) is 5.91 Å². The first-order valence-corrected chi connectivity index (χ1v) is 12.4. The lowest BCUT2D eigenvalue weighted by atomic mass is 10.1. The molecule has 3 aromatic rings. The Morgan fingerprint density at radius 3 is 2.71 bits per heavy atom. The lowest BCUT2D eigenvalue weighted by Gasteiger charge is -2.13. The van der Waals surface area contributed by atoms with E-state index in [2.05, 4.69) is 10.3 Å². The summed E-state index contributed by atoms with van der Waals surface area (Å²) >= 11 is 8.56. The van der Waals surface area contributed by atoms with Crippen molar-refractivity contribution in [3.05, 3.63) is 62.1 Å². The van der Waals surface area contributed by atoms with E-state index in [1.54, 1.807) is 17.5 Å². The van der Waals surface area contributed by atoms with Crippen LogP contribution in [0.2, 0.25) is 0 Å². The Bertz CT molecular complexity index is 1350. The highest BCUT2D eigenvalue weighted by atomic mass is 32.2. The number of thioether (sulfide) groups is 1. The molecule has 2 N–H and O–H groups in total. The van der Waals surface area contributed by atoms with E-state index in [1.165, 1.54) is 22.3 Å². The van der Waals surface area contributed by atoms with Crippen LogP contribution in [0.5, 0.6) is 0 Å². The molecule has 0 radical (unpaired) electrons. The maximum atomic E-state index is 13.5. The molecule has 34 heavy (non-hydrogen) atoms. The zero-order valence-corrected chi connectivity index (χ0v) is 20.2. The largest absolute Gasteiger partial charge is 0.477 e. The smallest absolute Gasteiger partial charge is 0.347 e. The second kappa shape index (κ2) is 10.1. The number of carbonyl (C=O) groups excluding carboxylic acids is 2. The number of rotatable bonds is 7. The molecule has 0 spiro atoms. The van der Waals surface area contributed by atoms with Crippen LogP contribution in [0.3, 0.4) is 0 Å². The van der Waals surface area contributed by atoms with Crippen molar-refractivity contribution in [1.82, 2.24) is 9.88 Å². The van der Waals surface area contributed by atoms with Gasteiger partial charge in [-0.3, -0.25) is 14.5 Å². The molecule has 0 bridgehead atoms. The number of amides is 2. The molecule has 1 saturated heterocycles. The fraction of sp³-hybridized carbons (Fsp3) is 0.0952. The van der Waals surface area contributed by atoms with Crippen LogP contribution < -0.4 is 5.32 Å². The van der Waals surface area contributed by atoms with Crippen molar-refractivity contribution >= 4 is 80.0 Å². The summed E-state index contributed by atoms with van der Waals surface area (Å²) in [5.41, 5.74) is 1.21. The van der Waals surface area contributed by atoms with Crippen LogP contribution in [0, 0.1) is 11.6 Å². The Balaban J connectivity index is 1.38. The molecule has 4 rings (SSSR count). The van der Waals surface area contributed by atoms with E-state index in [1.807, 2.05) is 0 Å². The fourth-order valence-electron chi connectivity index (χ4n) is 2.90. The van der Waals surface area contributed by atoms with Crippen molar-refractivity contribution < 1.29 is 28.3 Å². The molecule has 1 aliphatic rings. The van der Waals surface area contributed by atoms with Crippen LogP contribution in [0.1, 0.15) is 21.0 Å². The van der Waals surface area contributed by atoms with E-state index < -0.39 is 23.5 Å². The number of carbonyl (C=O) groups is 3. The quantitative estimate of drug-likeness (QED) is 0.320. The van der Waals surface area contributed by atoms with Crippen molar-refractivity contribution in [2.24, 2.45) is 0 Å². The van der Waals surface area contributed by atoms with Crippen LogP contribution in [0.25, 0.3) is 17.2 Å². The molecule has 2 aromatic heterocycles. The standard InChI is InChI=1S/C21H13F2N3O4S4/c22-13-2-1-10(6-14(13)23)11-5-12(32-9-11)7-15-18(28)26(21(31)34-15)4-3-17(27)25-20-24-8-16(33-20)19(29)30/h1-2,5-9H,3-4H2,(H,29,30)(H,24,25,27). The number of carboxylic acid groups (broad SMARTS) is 1. The third-order valence-corrected chi connectivity index (χ3v) is 7.70. The number of nitrogens with one attached hydrogen (secondary N) is 1. The third-order valence-electron chi connectivity index (χ3n) is 4.54. The number of aromatic carboxylic acids is 1. The summed E-state index contributed by atoms with van der Waals surface area (Å²) in [5.74, 6) is -3.77. The molecule has 174 valence electrons. The molecule has 0 unspecified atom stereocenters. The van der Waals surface area contributed by atoms with Crippen molar-refractivity contribution in [2.75, 3.05) is 11.9 Å². The molecule has 3 heterocycles. The summed E-state index contributed by atoms with van der Waals surface area (Å²) in [4.78, 5) is 42.1. The van der Waals surface area contributed by atoms with E-state index in [9.17, 15) is 23.2 Å². The molecule has 0 aliphatic carbocycles. The first kappa shape index (κ1) is 24.1. The number of anilines is 1. The van der Waals surface area contributed by atoms with E-state index in [0.29, 0.717) is 20.4 Å². The lowest BCUT2D eigenvalue weighted by molar-refractivity contribution is -0.122. The monoisotopic (exact) mass is 537 g/mol. The molecule has 13 heteroatoms. The van der Waals surface area contributed by atoms with Gasteiger partial charge in [0.15, 0.2) is 16.8 Å². The van der Waals surface area contributed by atoms with Gasteiger partial charge in [0.1, 0.15) is 9.20 Å². The Labute approximate surface area is 209 Å². The van der Waals surface area contributed by atoms with E-state index in [4.69, 9.17) is 17.3 Å². The van der Waals surface area contributed by atoms with Crippen LogP contribution in [0.4, 0.5) is 13.9 Å². The predicted molar refractivity (Wildman–Crippen MR) is 132 cm³/mol. The highest BCUT2D eigenvalue weighted by Crippen LogP contribution is 2.35. The third kappa shape index (κ3) is 5.38. The van der Waals surface area contributed by atoms with Crippen LogP contribution in [-0.4, -0.2) is 43.6 Å². The van der Waals surface area contributed by atoms with Gasteiger partial charge in [0.25, 0.3) is 5.91 Å². The second-order valence-electron chi connectivity index (χ2n) is 6.83. The van der Waals surface area contributed by atoms with Gasteiger partial charge in [-0.2, -0.15) is 0 Å². The molecule has 1 aromatic carbocycles. The topological polar surface area (TPSA) is 99.6 Å². The molecule has 0 saturated carbocycles. The summed E-state index contributed by atoms with van der Waals surface area (Å²) < 4.78 is 27.0. The molecular formula is C21H13F2N3O4S4. The number of hydrogen-bond donors (Lipinski definition) is 2. The Morgan fingerprint density at radius 1 is 1.21 bits per heavy atom. The molecular weight excluding hydrogens is 525 g/mol. The van der Waals surface area contributed by atoms with Crippen LogP contribution >= 0.6 is 46.7 Å². The number of nitrogens with zero attached hydrogens (tertiary/aromatic N) is 2. The number of aromatic nitrogens is 1. The number of thiazole rings is 1. The lowest BCUT2D eigenvalue weighted by Crippen LogP contribution is -2.31. The van der Waals surface area contributed by atoms with E-state index >= 15 is 0 Å². The maximum absolute atomic E-state index is 13.5. The summed E-state index contributed by atoms with van der Waals surface area (Å²) in [5, 5.41) is 13.3. The molecule has 2 amide bonds. The van der Waals surface area contributed by atoms with Gasteiger partial charge in [-0.05, 0) is 40.8 Å². The van der Waals surface area contributed by atoms with Crippen molar-refractivity contribution in [1.29, 1.82) is 0 Å². The van der Waals surface area contributed by atoms with Gasteiger partial charge >= 0.3 is 5.97 Å². The fourth-order valence-corrected chi connectivity index (χ4v) is 5.80. The van der Waals surface area contributed by atoms with E-state index in [0.717, 1.165) is 46.3 Å². The van der Waals surface area contributed by atoms with Gasteiger partial charge in [-0.15, -0.1) is 11.3 Å². The highest BCUT2D eigenvalue weighted by molar-refractivity contribution is 8.26. The van der Waals surface area contributed by atoms with Crippen molar-refractivity contribution in [3.8, 4) is 11.1 Å². The molecule has 0 atom stereocenters. The zero-order chi connectivity index (χ0) is 24.4. The average Bonchev–Trinajstić information content (AvgIpc) is 3.50. The molecule has 1 aliphatic heterocycles. The number of thiocarbonyl (C=S) groups is 1. The number of halogens is 2. The van der Waals surface area contributed by atoms with Gasteiger partial charge in [-0.1, -0.05) is 41.4 Å². The number of carboxylic acids is 1. The SMILES string of the molecule is O=C(CCN1C(=O)C(=Cc2cc(-c3ccc(F)c(F)c3)cs2)SC1=S)Nc1ncc(C(=O)O)s1. The van der Waals surface area contributed by atoms with Crippen LogP contribution in [-0.2, 0) is 9.59 Å². The summed E-state index contributed by atoms with van der Waals surface area (Å²) in [6.07, 6.45) is 2.76. The minimum atomic E-state index is -1.13. The Hall–Kier alpha value is -3.00. The first-order chi connectivity index (χ1) is 16.2. The Morgan fingerprint density at radius 2 is 2.00 bits per heavy atom. The maximum Gasteiger partial charge on any atom is 0.347 e. The normalized spacial score (nSPS) is 14.8. The van der Waals surface area contributed by atoms with Gasteiger partial charge in [0.05, 0.1) is 11.1 Å². The minimum Gasteiger partial charge on any atom is -0.477 e. The summed E-state index contributed by atoms with van der Waals surface area (Å²) in [7, 11) is 0. The molecule has 1 fully saturated rings. The van der Waals surface area contributed by atoms with Crippen molar-refractivity contribution in [2.45, 2.75) is 6.42 Å². The average molecular weight is 538 g/mol. The predicted octanol–water partition coefficient (Wildman–Crippen LogP) is 5.08. The number of benzene rings is 1. The van der Waals surface area contributed by atoms with Crippen LogP contribution in [0.15, 0.2) is 40.7 Å². The van der Waals surface area contributed by atoms with Gasteiger partial charge in [-0.25, -0.2) is 18.6 Å². The highest BCUT2D eigenvalue weighted by Gasteiger charge is 2.32. The summed E-state index contributed by atoms with van der Waals surface area (Å²) in [6, 6.07) is 5.41. The number of hydrogen-bond acceptors (Lipinski definition) is 8. The van der Waals surface area contributed by atoms with Crippen molar-refractivity contribution in [3.63, 3.8) is 0 Å². The van der Waals surface area contributed by atoms with Gasteiger partial charge in [0, 0.05) is 17.8 Å². The van der Waals surface area contributed by atoms with E-state index in [-0.39, 0.29) is 28.9 Å². The minimum absolute atomic E-state index is 0.00123. The van der Waals surface area contributed by atoms with Gasteiger partial charge < -0.3 is 10.4 Å².